The maximum atomic E-state index is 12.8. The molecule has 26 heavy (non-hydrogen) atoms. The fraction of sp³-hybridized carbons (Fsp3) is 0.526. The molecule has 0 aliphatic carbocycles. The lowest BCUT2D eigenvalue weighted by Gasteiger charge is -2.39. The van der Waals surface area contributed by atoms with E-state index in [1.54, 1.807) is 6.20 Å². The molecule has 0 bridgehead atoms. The number of oxazole rings is 1. The minimum Gasteiger partial charge on any atom is -0.444 e. The number of rotatable bonds is 3. The molecule has 138 valence electrons. The van der Waals surface area contributed by atoms with Crippen LogP contribution in [0.5, 0.6) is 0 Å². The summed E-state index contributed by atoms with van der Waals surface area (Å²) in [6.07, 6.45) is 5.17. The van der Waals surface area contributed by atoms with Crippen molar-refractivity contribution in [2.45, 2.75) is 25.8 Å². The molecular weight excluding hydrogens is 332 g/mol. The molecule has 0 aromatic carbocycles. The maximum absolute atomic E-state index is 12.8. The second kappa shape index (κ2) is 7.55. The molecule has 2 aliphatic rings. The first-order chi connectivity index (χ1) is 12.7. The zero-order valence-corrected chi connectivity index (χ0v) is 15.1. The van der Waals surface area contributed by atoms with Gasteiger partial charge in [-0.05, 0) is 31.9 Å². The summed E-state index contributed by atoms with van der Waals surface area (Å²) >= 11 is 0. The normalized spacial score (nSPS) is 19.7. The summed E-state index contributed by atoms with van der Waals surface area (Å²) in [5.41, 5.74) is 2.10. The Morgan fingerprint density at radius 3 is 2.69 bits per heavy atom. The lowest BCUT2D eigenvalue weighted by molar-refractivity contribution is 0.00153. The van der Waals surface area contributed by atoms with E-state index in [1.807, 2.05) is 24.0 Å². The number of carbonyl (C=O) groups excluding carboxylic acids is 1. The molecule has 4 rings (SSSR count). The van der Waals surface area contributed by atoms with Crippen molar-refractivity contribution in [1.29, 1.82) is 0 Å². The van der Waals surface area contributed by atoms with Gasteiger partial charge in [0, 0.05) is 49.7 Å². The van der Waals surface area contributed by atoms with Crippen LogP contribution in [0.3, 0.4) is 0 Å². The van der Waals surface area contributed by atoms with E-state index in [2.05, 4.69) is 14.9 Å². The number of aryl methyl sites for hydroxylation is 1. The van der Waals surface area contributed by atoms with E-state index < -0.39 is 0 Å². The lowest BCUT2D eigenvalue weighted by atomic mass is 10.0. The second-order valence-electron chi connectivity index (χ2n) is 6.90. The van der Waals surface area contributed by atoms with Crippen LogP contribution in [-0.2, 0) is 4.74 Å². The van der Waals surface area contributed by atoms with Gasteiger partial charge < -0.3 is 14.1 Å². The average molecular weight is 356 g/mol. The highest BCUT2D eigenvalue weighted by Gasteiger charge is 2.29. The second-order valence-corrected chi connectivity index (χ2v) is 6.90. The van der Waals surface area contributed by atoms with Crippen molar-refractivity contribution in [3.8, 4) is 11.5 Å². The highest BCUT2D eigenvalue weighted by atomic mass is 16.5. The van der Waals surface area contributed by atoms with Gasteiger partial charge in [-0.15, -0.1) is 0 Å². The van der Waals surface area contributed by atoms with Crippen molar-refractivity contribution in [2.75, 3.05) is 39.4 Å². The Morgan fingerprint density at radius 1 is 1.19 bits per heavy atom. The van der Waals surface area contributed by atoms with E-state index in [-0.39, 0.29) is 5.91 Å². The van der Waals surface area contributed by atoms with E-state index in [0.717, 1.165) is 63.5 Å². The van der Waals surface area contributed by atoms with Crippen molar-refractivity contribution >= 4 is 5.91 Å². The Kier molecular flexibility index (Phi) is 4.99. The van der Waals surface area contributed by atoms with E-state index in [9.17, 15) is 4.79 Å². The third-order valence-corrected chi connectivity index (χ3v) is 5.18. The molecule has 4 heterocycles. The molecule has 2 saturated heterocycles. The molecule has 1 amide bonds. The number of piperidine rings is 1. The summed E-state index contributed by atoms with van der Waals surface area (Å²) in [5, 5.41) is 0. The molecule has 0 unspecified atom stereocenters. The van der Waals surface area contributed by atoms with Crippen LogP contribution in [0.25, 0.3) is 11.5 Å². The smallest absolute Gasteiger partial charge is 0.275 e. The molecule has 0 saturated carbocycles. The van der Waals surface area contributed by atoms with Crippen molar-refractivity contribution in [3.63, 3.8) is 0 Å². The Bertz CT molecular complexity index is 762. The number of carbonyl (C=O) groups is 1. The molecular formula is C19H24N4O3. The number of morpholine rings is 1. The number of aromatic nitrogens is 2. The van der Waals surface area contributed by atoms with Gasteiger partial charge in [0.05, 0.1) is 13.2 Å². The maximum Gasteiger partial charge on any atom is 0.275 e. The summed E-state index contributed by atoms with van der Waals surface area (Å²) < 4.78 is 11.0. The van der Waals surface area contributed by atoms with Gasteiger partial charge in [-0.25, -0.2) is 4.98 Å². The monoisotopic (exact) mass is 356 g/mol. The first kappa shape index (κ1) is 17.2. The largest absolute Gasteiger partial charge is 0.444 e. The van der Waals surface area contributed by atoms with E-state index in [1.165, 1.54) is 6.26 Å². The fourth-order valence-electron chi connectivity index (χ4n) is 3.72. The van der Waals surface area contributed by atoms with Crippen LogP contribution in [0.1, 0.15) is 29.0 Å². The number of amides is 1. The summed E-state index contributed by atoms with van der Waals surface area (Å²) in [5.74, 6) is 0.410. The molecule has 2 aromatic rings. The predicted octanol–water partition coefficient (Wildman–Crippen LogP) is 1.98. The van der Waals surface area contributed by atoms with E-state index in [0.29, 0.717) is 17.6 Å². The summed E-state index contributed by atoms with van der Waals surface area (Å²) in [6, 6.07) is 4.28. The molecule has 0 N–H and O–H groups in total. The van der Waals surface area contributed by atoms with Crippen molar-refractivity contribution in [2.24, 2.45) is 0 Å². The van der Waals surface area contributed by atoms with Gasteiger partial charge in [0.1, 0.15) is 6.26 Å². The van der Waals surface area contributed by atoms with Gasteiger partial charge in [-0.1, -0.05) is 0 Å². The highest BCUT2D eigenvalue weighted by Crippen LogP contribution is 2.22. The minimum atomic E-state index is -0.0498. The lowest BCUT2D eigenvalue weighted by Crippen LogP contribution is -2.50. The summed E-state index contributed by atoms with van der Waals surface area (Å²) in [6.45, 7) is 7.06. The number of likely N-dealkylation sites (tertiary alicyclic amines) is 1. The highest BCUT2D eigenvalue weighted by molar-refractivity contribution is 5.92. The first-order valence-electron chi connectivity index (χ1n) is 9.20. The van der Waals surface area contributed by atoms with Gasteiger partial charge in [0.25, 0.3) is 5.91 Å². The molecule has 7 heteroatoms. The van der Waals surface area contributed by atoms with Crippen molar-refractivity contribution in [3.05, 3.63) is 36.0 Å². The van der Waals surface area contributed by atoms with Crippen LogP contribution in [-0.4, -0.2) is 71.1 Å². The molecule has 2 aromatic heterocycles. The molecule has 7 nitrogen and oxygen atoms in total. The summed E-state index contributed by atoms with van der Waals surface area (Å²) in [7, 11) is 0. The van der Waals surface area contributed by atoms with Crippen LogP contribution in [0, 0.1) is 6.92 Å². The molecule has 0 atom stereocenters. The van der Waals surface area contributed by atoms with Crippen LogP contribution in [0.4, 0.5) is 0 Å². The van der Waals surface area contributed by atoms with Gasteiger partial charge in [0.15, 0.2) is 5.69 Å². The number of ether oxygens (including phenoxy) is 1. The Labute approximate surface area is 153 Å². The molecule has 0 radical (unpaired) electrons. The minimum absolute atomic E-state index is 0.0498. The van der Waals surface area contributed by atoms with E-state index >= 15 is 0 Å². The Balaban J connectivity index is 1.38. The topological polar surface area (TPSA) is 71.7 Å². The standard InChI is InChI=1S/C19H24N4O3/c1-14-12-15(2-5-20-14)18-21-17(13-26-18)19(24)23-6-3-16(4-7-23)22-8-10-25-11-9-22/h2,5,12-13,16H,3-4,6-11H2,1H3. The SMILES string of the molecule is Cc1cc(-c2nc(C(=O)N3CCC(N4CCOCC4)CC3)co2)ccn1. The zero-order valence-electron chi connectivity index (χ0n) is 15.1. The van der Waals surface area contributed by atoms with Crippen LogP contribution in [0.15, 0.2) is 29.0 Å². The molecule has 0 spiro atoms. The van der Waals surface area contributed by atoms with Crippen LogP contribution < -0.4 is 0 Å². The third-order valence-electron chi connectivity index (χ3n) is 5.18. The van der Waals surface area contributed by atoms with Gasteiger partial charge in [-0.2, -0.15) is 0 Å². The molecule has 2 fully saturated rings. The van der Waals surface area contributed by atoms with Gasteiger partial charge >= 0.3 is 0 Å². The third kappa shape index (κ3) is 3.64. The zero-order chi connectivity index (χ0) is 17.9. The fourth-order valence-corrected chi connectivity index (χ4v) is 3.72. The van der Waals surface area contributed by atoms with Gasteiger partial charge in [-0.3, -0.25) is 14.7 Å². The van der Waals surface area contributed by atoms with Gasteiger partial charge in [0.2, 0.25) is 5.89 Å². The quantitative estimate of drug-likeness (QED) is 0.837. The first-order valence-corrected chi connectivity index (χ1v) is 9.20. The van der Waals surface area contributed by atoms with E-state index in [4.69, 9.17) is 9.15 Å². The predicted molar refractivity (Wildman–Crippen MR) is 95.8 cm³/mol. The number of nitrogens with zero attached hydrogens (tertiary/aromatic N) is 4. The van der Waals surface area contributed by atoms with Crippen LogP contribution >= 0.6 is 0 Å². The van der Waals surface area contributed by atoms with Crippen LogP contribution in [0.2, 0.25) is 0 Å². The number of pyridine rings is 1. The average Bonchev–Trinajstić information content (AvgIpc) is 3.18. The Morgan fingerprint density at radius 2 is 1.96 bits per heavy atom. The van der Waals surface area contributed by atoms with Crippen molar-refractivity contribution < 1.29 is 13.9 Å². The number of hydrogen-bond acceptors (Lipinski definition) is 6. The summed E-state index contributed by atoms with van der Waals surface area (Å²) in [4.78, 5) is 25.7. The Hall–Kier alpha value is -2.25. The number of hydrogen-bond donors (Lipinski definition) is 0. The molecule has 2 aliphatic heterocycles. The van der Waals surface area contributed by atoms with Crippen molar-refractivity contribution in [1.82, 2.24) is 19.8 Å².